The Balaban J connectivity index is 2.54. The van der Waals surface area contributed by atoms with Gasteiger partial charge in [0.15, 0.2) is 5.82 Å². The highest BCUT2D eigenvalue weighted by atomic mass is 79.9. The molecule has 5 heteroatoms. The molecule has 2 heterocycles. The van der Waals surface area contributed by atoms with E-state index in [4.69, 9.17) is 5.73 Å². The van der Waals surface area contributed by atoms with Crippen LogP contribution in [0.25, 0.3) is 11.5 Å². The van der Waals surface area contributed by atoms with Crippen LogP contribution in [0, 0.1) is 0 Å². The zero-order valence-corrected chi connectivity index (χ0v) is 11.3. The molecule has 0 radical (unpaired) electrons. The molecule has 88 valence electrons. The van der Waals surface area contributed by atoms with E-state index in [1.807, 2.05) is 12.1 Å². The molecule has 0 atom stereocenters. The van der Waals surface area contributed by atoms with Crippen LogP contribution in [0.1, 0.15) is 25.5 Å². The van der Waals surface area contributed by atoms with Crippen LogP contribution in [0.3, 0.4) is 0 Å². The molecule has 0 aliphatic rings. The second-order valence-electron chi connectivity index (χ2n) is 4.02. The van der Waals surface area contributed by atoms with Crippen LogP contribution >= 0.6 is 15.9 Å². The quantitative estimate of drug-likeness (QED) is 0.924. The minimum atomic E-state index is 0.263. The lowest BCUT2D eigenvalue weighted by molar-refractivity contribution is 0.820. The molecule has 0 aromatic carbocycles. The summed E-state index contributed by atoms with van der Waals surface area (Å²) >= 11 is 3.44. The zero-order valence-electron chi connectivity index (χ0n) is 9.68. The molecule has 0 fully saturated rings. The largest absolute Gasteiger partial charge is 0.396 e. The van der Waals surface area contributed by atoms with Crippen molar-refractivity contribution >= 4 is 21.6 Å². The highest BCUT2D eigenvalue weighted by Crippen LogP contribution is 2.25. The zero-order chi connectivity index (χ0) is 12.4. The molecule has 0 aliphatic heterocycles. The number of hydrogen-bond donors (Lipinski definition) is 1. The summed E-state index contributed by atoms with van der Waals surface area (Å²) in [6.07, 6.45) is 3.35. The molecule has 0 saturated carbocycles. The van der Waals surface area contributed by atoms with E-state index in [1.165, 1.54) is 0 Å². The maximum atomic E-state index is 5.85. The van der Waals surface area contributed by atoms with E-state index >= 15 is 0 Å². The standard InChI is InChI=1S/C12H13BrN4/c1-7(2)10-9(14)6-16-12(17-10)11-8(13)4-3-5-15-11/h3-7H,14H2,1-2H3. The van der Waals surface area contributed by atoms with Gasteiger partial charge in [0.2, 0.25) is 0 Å². The van der Waals surface area contributed by atoms with Crippen LogP contribution in [0.2, 0.25) is 0 Å². The van der Waals surface area contributed by atoms with Crippen LogP contribution in [-0.2, 0) is 0 Å². The Morgan fingerprint density at radius 1 is 1.29 bits per heavy atom. The van der Waals surface area contributed by atoms with Crippen molar-refractivity contribution in [2.75, 3.05) is 5.73 Å². The maximum Gasteiger partial charge on any atom is 0.179 e. The summed E-state index contributed by atoms with van der Waals surface area (Å²) in [4.78, 5) is 13.0. The third-order valence-corrected chi connectivity index (χ3v) is 3.01. The number of rotatable bonds is 2. The highest BCUT2D eigenvalue weighted by Gasteiger charge is 2.12. The summed E-state index contributed by atoms with van der Waals surface area (Å²) in [5.41, 5.74) is 8.06. The summed E-state index contributed by atoms with van der Waals surface area (Å²) in [6.45, 7) is 4.10. The predicted octanol–water partition coefficient (Wildman–Crippen LogP) is 3.01. The van der Waals surface area contributed by atoms with Crippen LogP contribution in [0.4, 0.5) is 5.69 Å². The van der Waals surface area contributed by atoms with Gasteiger partial charge in [-0.25, -0.2) is 9.97 Å². The molecule has 2 aromatic rings. The molecule has 17 heavy (non-hydrogen) atoms. The SMILES string of the molecule is CC(C)c1nc(-c2ncccc2Br)ncc1N. The minimum absolute atomic E-state index is 0.263. The summed E-state index contributed by atoms with van der Waals surface area (Å²) in [5.74, 6) is 0.856. The number of nitrogens with two attached hydrogens (primary N) is 1. The summed E-state index contributed by atoms with van der Waals surface area (Å²) in [6, 6.07) is 3.77. The molecule has 2 N–H and O–H groups in total. The van der Waals surface area contributed by atoms with Crippen LogP contribution < -0.4 is 5.73 Å². The second-order valence-corrected chi connectivity index (χ2v) is 4.88. The first-order valence-corrected chi connectivity index (χ1v) is 6.12. The Morgan fingerprint density at radius 2 is 2.06 bits per heavy atom. The molecule has 2 rings (SSSR count). The number of hydrogen-bond acceptors (Lipinski definition) is 4. The van der Waals surface area contributed by atoms with E-state index in [2.05, 4.69) is 44.7 Å². The fourth-order valence-corrected chi connectivity index (χ4v) is 1.96. The van der Waals surface area contributed by atoms with Crippen LogP contribution in [-0.4, -0.2) is 15.0 Å². The Labute approximate surface area is 108 Å². The van der Waals surface area contributed by atoms with Crippen molar-refractivity contribution < 1.29 is 0 Å². The minimum Gasteiger partial charge on any atom is -0.396 e. The molecular formula is C12H13BrN4. The highest BCUT2D eigenvalue weighted by molar-refractivity contribution is 9.10. The van der Waals surface area contributed by atoms with Gasteiger partial charge in [0, 0.05) is 10.7 Å². The van der Waals surface area contributed by atoms with Crippen molar-refractivity contribution in [2.24, 2.45) is 0 Å². The smallest absolute Gasteiger partial charge is 0.179 e. The van der Waals surface area contributed by atoms with Crippen molar-refractivity contribution in [2.45, 2.75) is 19.8 Å². The Morgan fingerprint density at radius 3 is 2.71 bits per heavy atom. The van der Waals surface area contributed by atoms with Crippen molar-refractivity contribution in [3.63, 3.8) is 0 Å². The first-order valence-electron chi connectivity index (χ1n) is 5.33. The van der Waals surface area contributed by atoms with Gasteiger partial charge in [-0.15, -0.1) is 0 Å². The van der Waals surface area contributed by atoms with E-state index < -0.39 is 0 Å². The monoisotopic (exact) mass is 292 g/mol. The average Bonchev–Trinajstić information content (AvgIpc) is 2.30. The Kier molecular flexibility index (Phi) is 3.38. The molecule has 0 unspecified atom stereocenters. The van der Waals surface area contributed by atoms with Crippen LogP contribution in [0.5, 0.6) is 0 Å². The summed E-state index contributed by atoms with van der Waals surface area (Å²) in [5, 5.41) is 0. The lowest BCUT2D eigenvalue weighted by Gasteiger charge is -2.09. The maximum absolute atomic E-state index is 5.85. The molecular weight excluding hydrogens is 280 g/mol. The topological polar surface area (TPSA) is 64.7 Å². The van der Waals surface area contributed by atoms with Gasteiger partial charge in [0.05, 0.1) is 17.6 Å². The first kappa shape index (κ1) is 12.0. The number of nitrogen functional groups attached to an aromatic ring is 1. The molecule has 0 saturated heterocycles. The Hall–Kier alpha value is -1.49. The predicted molar refractivity (Wildman–Crippen MR) is 71.5 cm³/mol. The Bertz CT molecular complexity index is 540. The van der Waals surface area contributed by atoms with Gasteiger partial charge in [0.1, 0.15) is 5.69 Å². The average molecular weight is 293 g/mol. The lowest BCUT2D eigenvalue weighted by Crippen LogP contribution is -2.04. The van der Waals surface area contributed by atoms with Gasteiger partial charge >= 0.3 is 0 Å². The van der Waals surface area contributed by atoms with Crippen molar-refractivity contribution in [3.8, 4) is 11.5 Å². The third kappa shape index (κ3) is 2.44. The molecule has 4 nitrogen and oxygen atoms in total. The molecule has 2 aromatic heterocycles. The molecule has 0 amide bonds. The molecule has 0 spiro atoms. The van der Waals surface area contributed by atoms with E-state index in [9.17, 15) is 0 Å². The van der Waals surface area contributed by atoms with Gasteiger partial charge in [0.25, 0.3) is 0 Å². The fraction of sp³-hybridized carbons (Fsp3) is 0.250. The number of aromatic nitrogens is 3. The fourth-order valence-electron chi connectivity index (χ4n) is 1.53. The lowest BCUT2D eigenvalue weighted by atomic mass is 10.1. The van der Waals surface area contributed by atoms with Crippen molar-refractivity contribution in [3.05, 3.63) is 34.7 Å². The summed E-state index contributed by atoms with van der Waals surface area (Å²) < 4.78 is 0.875. The number of pyridine rings is 1. The normalized spacial score (nSPS) is 10.8. The van der Waals surface area contributed by atoms with Gasteiger partial charge in [-0.2, -0.15) is 0 Å². The molecule has 0 aliphatic carbocycles. The second kappa shape index (κ2) is 4.79. The summed E-state index contributed by atoms with van der Waals surface area (Å²) in [7, 11) is 0. The number of nitrogens with zero attached hydrogens (tertiary/aromatic N) is 3. The van der Waals surface area contributed by atoms with E-state index in [0.717, 1.165) is 15.9 Å². The van der Waals surface area contributed by atoms with Crippen LogP contribution in [0.15, 0.2) is 29.0 Å². The van der Waals surface area contributed by atoms with Gasteiger partial charge in [-0.05, 0) is 34.0 Å². The molecule has 0 bridgehead atoms. The van der Waals surface area contributed by atoms with Crippen molar-refractivity contribution in [1.82, 2.24) is 15.0 Å². The first-order chi connectivity index (χ1) is 8.09. The third-order valence-electron chi connectivity index (χ3n) is 2.37. The van der Waals surface area contributed by atoms with Crippen molar-refractivity contribution in [1.29, 1.82) is 0 Å². The van der Waals surface area contributed by atoms with E-state index in [0.29, 0.717) is 11.5 Å². The number of halogens is 1. The van der Waals surface area contributed by atoms with Gasteiger partial charge in [-0.1, -0.05) is 13.8 Å². The number of anilines is 1. The van der Waals surface area contributed by atoms with Gasteiger partial charge < -0.3 is 5.73 Å². The van der Waals surface area contributed by atoms with E-state index in [1.54, 1.807) is 12.4 Å². The van der Waals surface area contributed by atoms with Gasteiger partial charge in [-0.3, -0.25) is 4.98 Å². The van der Waals surface area contributed by atoms with E-state index in [-0.39, 0.29) is 5.92 Å².